The van der Waals surface area contributed by atoms with Crippen molar-refractivity contribution < 1.29 is 24.1 Å². The summed E-state index contributed by atoms with van der Waals surface area (Å²) in [5.74, 6) is 0.998. The molecular formula is C32H46N2O5. The van der Waals surface area contributed by atoms with E-state index >= 15 is 0 Å². The van der Waals surface area contributed by atoms with E-state index in [2.05, 4.69) is 49.2 Å². The molecule has 0 aromatic heterocycles. The summed E-state index contributed by atoms with van der Waals surface area (Å²) in [5.41, 5.74) is 3.19. The minimum Gasteiger partial charge on any atom is -0.508 e. The number of phenols is 1. The molecule has 2 aromatic rings. The van der Waals surface area contributed by atoms with E-state index in [0.717, 1.165) is 43.5 Å². The molecule has 0 radical (unpaired) electrons. The van der Waals surface area contributed by atoms with Crippen molar-refractivity contribution in [3.05, 3.63) is 65.2 Å². The first-order valence-electron chi connectivity index (χ1n) is 14.4. The molecule has 0 bridgehead atoms. The lowest BCUT2D eigenvalue weighted by molar-refractivity contribution is -0.150. The minimum absolute atomic E-state index is 0.0764. The molecule has 1 saturated carbocycles. The van der Waals surface area contributed by atoms with Crippen LogP contribution in [0.2, 0.25) is 0 Å². The van der Waals surface area contributed by atoms with Gasteiger partial charge in [0.2, 0.25) is 5.91 Å². The highest BCUT2D eigenvalue weighted by atomic mass is 16.7. The second kappa shape index (κ2) is 13.8. The fraction of sp³-hybridized carbons (Fsp3) is 0.594. The number of hydrogen-bond acceptors (Lipinski definition) is 6. The number of methoxy groups -OCH3 is 2. The van der Waals surface area contributed by atoms with Crippen molar-refractivity contribution in [2.75, 3.05) is 54.1 Å². The Balaban J connectivity index is 1.35. The topological polar surface area (TPSA) is 71.5 Å². The number of benzene rings is 2. The summed E-state index contributed by atoms with van der Waals surface area (Å²) in [5, 5.41) is 11.0. The molecule has 4 rings (SSSR count). The lowest BCUT2D eigenvalue weighted by Crippen LogP contribution is -2.45. The molecule has 2 fully saturated rings. The van der Waals surface area contributed by atoms with Gasteiger partial charge in [0.15, 0.2) is 6.29 Å². The molecule has 1 N–H and O–H groups in total. The average molecular weight is 539 g/mol. The van der Waals surface area contributed by atoms with Crippen LogP contribution in [0.25, 0.3) is 0 Å². The Labute approximate surface area is 234 Å². The van der Waals surface area contributed by atoms with Gasteiger partial charge in [-0.2, -0.15) is 0 Å². The molecule has 1 amide bonds. The Morgan fingerprint density at radius 2 is 1.77 bits per heavy atom. The summed E-state index contributed by atoms with van der Waals surface area (Å²) in [6, 6.07) is 16.7. The van der Waals surface area contributed by atoms with Crippen LogP contribution in [0.4, 0.5) is 0 Å². The standard InChI is InChI=1S/C32H46N2O5/c1-24(26-11-12-26)34(23-31(37-3)38-4)30(36)15-21-39-20-14-25-10-13-29(35)28(22-25)32(16-18-33(2)19-17-32)27-8-6-5-7-9-27/h5-10,13,22,24,26,31,35H,11-12,14-21,23H2,1-4H3. The molecule has 39 heavy (non-hydrogen) atoms. The number of nitrogens with zero attached hydrogens (tertiary/aromatic N) is 2. The number of amides is 1. The van der Waals surface area contributed by atoms with Crippen LogP contribution in [-0.2, 0) is 30.8 Å². The molecule has 0 spiro atoms. The fourth-order valence-electron chi connectivity index (χ4n) is 5.92. The predicted molar refractivity (Wildman–Crippen MR) is 153 cm³/mol. The van der Waals surface area contributed by atoms with Crippen LogP contribution in [0.5, 0.6) is 5.75 Å². The molecule has 1 aliphatic carbocycles. The molecule has 7 heteroatoms. The quantitative estimate of drug-likeness (QED) is 0.280. The predicted octanol–water partition coefficient (Wildman–Crippen LogP) is 4.60. The smallest absolute Gasteiger partial charge is 0.225 e. The van der Waals surface area contributed by atoms with Gasteiger partial charge in [-0.3, -0.25) is 4.79 Å². The molecule has 1 heterocycles. The number of likely N-dealkylation sites (tertiary alicyclic amines) is 1. The fourth-order valence-corrected chi connectivity index (χ4v) is 5.92. The molecule has 7 nitrogen and oxygen atoms in total. The van der Waals surface area contributed by atoms with Gasteiger partial charge < -0.3 is 29.1 Å². The van der Waals surface area contributed by atoms with Crippen molar-refractivity contribution in [1.29, 1.82) is 0 Å². The zero-order valence-electron chi connectivity index (χ0n) is 24.1. The zero-order valence-corrected chi connectivity index (χ0v) is 24.1. The number of ether oxygens (including phenoxy) is 3. The molecular weight excluding hydrogens is 492 g/mol. The first-order valence-corrected chi connectivity index (χ1v) is 14.4. The molecule has 1 aliphatic heterocycles. The van der Waals surface area contributed by atoms with E-state index < -0.39 is 6.29 Å². The summed E-state index contributed by atoms with van der Waals surface area (Å²) < 4.78 is 16.6. The summed E-state index contributed by atoms with van der Waals surface area (Å²) >= 11 is 0. The van der Waals surface area contributed by atoms with Crippen LogP contribution >= 0.6 is 0 Å². The van der Waals surface area contributed by atoms with E-state index in [1.807, 2.05) is 23.1 Å². The molecule has 1 saturated heterocycles. The lowest BCUT2D eigenvalue weighted by atomic mass is 9.67. The molecule has 1 unspecified atom stereocenters. The van der Waals surface area contributed by atoms with Gasteiger partial charge in [0.1, 0.15) is 5.75 Å². The zero-order chi connectivity index (χ0) is 27.8. The van der Waals surface area contributed by atoms with Crippen molar-refractivity contribution in [3.63, 3.8) is 0 Å². The first-order chi connectivity index (χ1) is 18.9. The Hall–Kier alpha value is -2.45. The van der Waals surface area contributed by atoms with Crippen molar-refractivity contribution in [2.24, 2.45) is 5.92 Å². The second-order valence-electron chi connectivity index (χ2n) is 11.2. The van der Waals surface area contributed by atoms with Gasteiger partial charge in [-0.25, -0.2) is 0 Å². The summed E-state index contributed by atoms with van der Waals surface area (Å²) in [4.78, 5) is 17.3. The summed E-state index contributed by atoms with van der Waals surface area (Å²) in [6.07, 6.45) is 4.90. The largest absolute Gasteiger partial charge is 0.508 e. The Morgan fingerprint density at radius 1 is 1.08 bits per heavy atom. The number of piperidine rings is 1. The van der Waals surface area contributed by atoms with E-state index in [0.29, 0.717) is 37.8 Å². The molecule has 2 aromatic carbocycles. The van der Waals surface area contributed by atoms with Gasteiger partial charge in [-0.05, 0) is 82.3 Å². The monoisotopic (exact) mass is 538 g/mol. The third-order valence-electron chi connectivity index (χ3n) is 8.73. The van der Waals surface area contributed by atoms with Gasteiger partial charge in [0, 0.05) is 31.2 Å². The highest BCUT2D eigenvalue weighted by molar-refractivity contribution is 5.76. The van der Waals surface area contributed by atoms with Crippen LogP contribution in [0.15, 0.2) is 48.5 Å². The maximum atomic E-state index is 13.1. The minimum atomic E-state index is -0.427. The Kier molecular flexibility index (Phi) is 10.4. The Morgan fingerprint density at radius 3 is 2.41 bits per heavy atom. The molecule has 214 valence electrons. The molecule has 1 atom stereocenters. The van der Waals surface area contributed by atoms with Gasteiger partial charge in [-0.15, -0.1) is 0 Å². The molecule has 2 aliphatic rings. The number of rotatable bonds is 14. The lowest BCUT2D eigenvalue weighted by Gasteiger charge is -2.42. The number of hydrogen-bond donors (Lipinski definition) is 1. The number of carbonyl (C=O) groups is 1. The van der Waals surface area contributed by atoms with E-state index in [-0.39, 0.29) is 17.4 Å². The normalized spacial score (nSPS) is 18.3. The van der Waals surface area contributed by atoms with Crippen LogP contribution < -0.4 is 0 Å². The van der Waals surface area contributed by atoms with E-state index in [9.17, 15) is 9.90 Å². The van der Waals surface area contributed by atoms with Crippen molar-refractivity contribution in [3.8, 4) is 5.75 Å². The van der Waals surface area contributed by atoms with Crippen molar-refractivity contribution in [2.45, 2.75) is 63.2 Å². The summed E-state index contributed by atoms with van der Waals surface area (Å²) in [6.45, 7) is 5.42. The maximum absolute atomic E-state index is 13.1. The maximum Gasteiger partial charge on any atom is 0.225 e. The highest BCUT2D eigenvalue weighted by Gasteiger charge is 2.39. The van der Waals surface area contributed by atoms with Gasteiger partial charge >= 0.3 is 0 Å². The first kappa shape index (κ1) is 29.5. The number of carbonyl (C=O) groups excluding carboxylic acids is 1. The van der Waals surface area contributed by atoms with Gasteiger partial charge in [0.25, 0.3) is 0 Å². The Bertz CT molecular complexity index is 1050. The van der Waals surface area contributed by atoms with E-state index in [1.165, 1.54) is 18.4 Å². The SMILES string of the molecule is COC(CN(C(=O)CCOCCc1ccc(O)c(C2(c3ccccc3)CCN(C)CC2)c1)C(C)C1CC1)OC. The third kappa shape index (κ3) is 7.40. The second-order valence-corrected chi connectivity index (χ2v) is 11.2. The van der Waals surface area contributed by atoms with Crippen LogP contribution in [0, 0.1) is 5.92 Å². The van der Waals surface area contributed by atoms with Gasteiger partial charge in [0.05, 0.1) is 26.2 Å². The van der Waals surface area contributed by atoms with Crippen LogP contribution in [0.1, 0.15) is 55.7 Å². The average Bonchev–Trinajstić information content (AvgIpc) is 3.81. The van der Waals surface area contributed by atoms with Crippen molar-refractivity contribution >= 4 is 5.91 Å². The van der Waals surface area contributed by atoms with E-state index in [4.69, 9.17) is 14.2 Å². The van der Waals surface area contributed by atoms with Gasteiger partial charge in [-0.1, -0.05) is 42.5 Å². The van der Waals surface area contributed by atoms with E-state index in [1.54, 1.807) is 14.2 Å². The summed E-state index contributed by atoms with van der Waals surface area (Å²) in [7, 11) is 5.36. The highest BCUT2D eigenvalue weighted by Crippen LogP contribution is 2.45. The van der Waals surface area contributed by atoms with Crippen molar-refractivity contribution in [1.82, 2.24) is 9.80 Å². The third-order valence-corrected chi connectivity index (χ3v) is 8.73. The number of aromatic hydroxyl groups is 1. The number of phenolic OH excluding ortho intramolecular Hbond substituents is 1. The van der Waals surface area contributed by atoms with Crippen LogP contribution in [0.3, 0.4) is 0 Å². The van der Waals surface area contributed by atoms with Crippen LogP contribution in [-0.4, -0.2) is 87.3 Å².